The molecule has 0 aliphatic carbocycles. The van der Waals surface area contributed by atoms with Crippen LogP contribution >= 0.6 is 0 Å². The number of aromatic nitrogens is 3. The Morgan fingerprint density at radius 1 is 1.11 bits per heavy atom. The van der Waals surface area contributed by atoms with Gasteiger partial charge in [0.2, 0.25) is 5.91 Å². The third-order valence-corrected chi connectivity index (χ3v) is 5.08. The first-order valence-electron chi connectivity index (χ1n) is 9.45. The van der Waals surface area contributed by atoms with E-state index in [1.165, 1.54) is 5.56 Å². The zero-order valence-corrected chi connectivity index (χ0v) is 15.7. The molecule has 0 spiro atoms. The second kappa shape index (κ2) is 7.68. The van der Waals surface area contributed by atoms with Gasteiger partial charge in [-0.1, -0.05) is 48.5 Å². The van der Waals surface area contributed by atoms with Crippen molar-refractivity contribution < 1.29 is 4.79 Å². The van der Waals surface area contributed by atoms with Crippen molar-refractivity contribution in [3.8, 4) is 0 Å². The lowest BCUT2D eigenvalue weighted by Crippen LogP contribution is -2.32. The fourth-order valence-electron chi connectivity index (χ4n) is 3.68. The summed E-state index contributed by atoms with van der Waals surface area (Å²) in [5.74, 6) is -0.105. The number of fused-ring (bicyclic) bond motifs is 3. The summed E-state index contributed by atoms with van der Waals surface area (Å²) in [5.41, 5.74) is 2.29. The lowest BCUT2D eigenvalue weighted by atomic mass is 10.1. The Bertz CT molecular complexity index is 1180. The van der Waals surface area contributed by atoms with Crippen molar-refractivity contribution in [2.75, 3.05) is 6.54 Å². The van der Waals surface area contributed by atoms with Gasteiger partial charge in [0.1, 0.15) is 11.6 Å². The van der Waals surface area contributed by atoms with Crippen LogP contribution in [-0.2, 0) is 11.2 Å². The minimum atomic E-state index is -0.511. The van der Waals surface area contributed by atoms with Crippen LogP contribution in [0.25, 0.3) is 21.8 Å². The summed E-state index contributed by atoms with van der Waals surface area (Å²) < 4.78 is 1.80. The minimum absolute atomic E-state index is 0.105. The standard InChI is InChI=1S/C22H22N4O2/c1-15(21(27)23-13-7-10-16-8-3-2-4-9-16)26-19-12-6-5-11-17(19)18-14-24-25-22(28)20(18)26/h2-6,8-9,11-12,14-15H,7,10,13H2,1H3,(H,23,27)(H,25,28)/t15-/m1/s1. The molecule has 0 saturated heterocycles. The Morgan fingerprint density at radius 2 is 1.86 bits per heavy atom. The van der Waals surface area contributed by atoms with Crippen LogP contribution in [0.2, 0.25) is 0 Å². The smallest absolute Gasteiger partial charge is 0.288 e. The van der Waals surface area contributed by atoms with E-state index in [4.69, 9.17) is 0 Å². The molecule has 1 amide bonds. The molecule has 2 heterocycles. The molecule has 0 aliphatic rings. The Morgan fingerprint density at radius 3 is 2.68 bits per heavy atom. The number of carbonyl (C=O) groups is 1. The first kappa shape index (κ1) is 18.0. The number of H-pyrrole nitrogens is 1. The Labute approximate surface area is 162 Å². The molecule has 142 valence electrons. The topological polar surface area (TPSA) is 79.8 Å². The highest BCUT2D eigenvalue weighted by Crippen LogP contribution is 2.29. The molecular formula is C22H22N4O2. The molecule has 0 radical (unpaired) electrons. The zero-order chi connectivity index (χ0) is 19.5. The van der Waals surface area contributed by atoms with E-state index in [-0.39, 0.29) is 11.5 Å². The summed E-state index contributed by atoms with van der Waals surface area (Å²) in [6.07, 6.45) is 3.41. The second-order valence-electron chi connectivity index (χ2n) is 6.90. The predicted octanol–water partition coefficient (Wildman–Crippen LogP) is 3.19. The van der Waals surface area contributed by atoms with Gasteiger partial charge in [-0.3, -0.25) is 9.59 Å². The number of para-hydroxylation sites is 1. The molecule has 0 bridgehead atoms. The number of rotatable bonds is 6. The molecule has 4 aromatic rings. The molecule has 6 nitrogen and oxygen atoms in total. The van der Waals surface area contributed by atoms with Gasteiger partial charge in [0.25, 0.3) is 5.56 Å². The lowest BCUT2D eigenvalue weighted by Gasteiger charge is -2.16. The van der Waals surface area contributed by atoms with Crippen molar-refractivity contribution in [2.24, 2.45) is 0 Å². The summed E-state index contributed by atoms with van der Waals surface area (Å²) in [6, 6.07) is 17.4. The van der Waals surface area contributed by atoms with E-state index in [9.17, 15) is 9.59 Å². The monoisotopic (exact) mass is 374 g/mol. The van der Waals surface area contributed by atoms with E-state index < -0.39 is 6.04 Å². The number of amides is 1. The van der Waals surface area contributed by atoms with Crippen LogP contribution in [0, 0.1) is 0 Å². The van der Waals surface area contributed by atoms with E-state index >= 15 is 0 Å². The summed E-state index contributed by atoms with van der Waals surface area (Å²) in [6.45, 7) is 2.41. The number of nitrogens with one attached hydrogen (secondary N) is 2. The highest BCUT2D eigenvalue weighted by atomic mass is 16.2. The van der Waals surface area contributed by atoms with Crippen molar-refractivity contribution in [1.29, 1.82) is 0 Å². The van der Waals surface area contributed by atoms with Gasteiger partial charge in [-0.25, -0.2) is 5.10 Å². The molecule has 28 heavy (non-hydrogen) atoms. The summed E-state index contributed by atoms with van der Waals surface area (Å²) in [7, 11) is 0. The maximum absolute atomic E-state index is 12.8. The fourth-order valence-corrected chi connectivity index (χ4v) is 3.68. The van der Waals surface area contributed by atoms with Crippen molar-refractivity contribution >= 4 is 27.7 Å². The summed E-state index contributed by atoms with van der Waals surface area (Å²) >= 11 is 0. The van der Waals surface area contributed by atoms with E-state index in [1.807, 2.05) is 49.4 Å². The fraction of sp³-hybridized carbons (Fsp3) is 0.227. The van der Waals surface area contributed by atoms with Gasteiger partial charge >= 0.3 is 0 Å². The number of hydrogen-bond donors (Lipinski definition) is 2. The van der Waals surface area contributed by atoms with E-state index in [0.717, 1.165) is 29.1 Å². The number of hydrogen-bond acceptors (Lipinski definition) is 3. The highest BCUT2D eigenvalue weighted by Gasteiger charge is 2.22. The van der Waals surface area contributed by atoms with Gasteiger partial charge in [-0.15, -0.1) is 0 Å². The Balaban J connectivity index is 1.55. The average molecular weight is 374 g/mol. The average Bonchev–Trinajstić information content (AvgIpc) is 3.07. The van der Waals surface area contributed by atoms with Crippen LogP contribution in [0.3, 0.4) is 0 Å². The second-order valence-corrected chi connectivity index (χ2v) is 6.90. The Hall–Kier alpha value is -3.41. The largest absolute Gasteiger partial charge is 0.354 e. The van der Waals surface area contributed by atoms with Crippen LogP contribution in [0.5, 0.6) is 0 Å². The maximum Gasteiger partial charge on any atom is 0.288 e. The Kier molecular flexibility index (Phi) is 4.93. The normalized spacial score (nSPS) is 12.3. The number of aromatic amines is 1. The van der Waals surface area contributed by atoms with E-state index in [0.29, 0.717) is 12.1 Å². The predicted molar refractivity (Wildman–Crippen MR) is 110 cm³/mol. The van der Waals surface area contributed by atoms with Crippen molar-refractivity contribution in [3.63, 3.8) is 0 Å². The van der Waals surface area contributed by atoms with Crippen molar-refractivity contribution in [3.05, 3.63) is 76.7 Å². The molecular weight excluding hydrogens is 352 g/mol. The van der Waals surface area contributed by atoms with E-state index in [1.54, 1.807) is 10.8 Å². The van der Waals surface area contributed by atoms with Gasteiger partial charge in [0, 0.05) is 17.3 Å². The van der Waals surface area contributed by atoms with Crippen molar-refractivity contribution in [2.45, 2.75) is 25.8 Å². The molecule has 0 unspecified atom stereocenters. The van der Waals surface area contributed by atoms with Crippen LogP contribution in [-0.4, -0.2) is 27.2 Å². The quantitative estimate of drug-likeness (QED) is 0.509. The lowest BCUT2D eigenvalue weighted by molar-refractivity contribution is -0.123. The van der Waals surface area contributed by atoms with Crippen molar-refractivity contribution in [1.82, 2.24) is 20.1 Å². The van der Waals surface area contributed by atoms with Gasteiger partial charge < -0.3 is 9.88 Å². The first-order chi connectivity index (χ1) is 13.7. The molecule has 2 N–H and O–H groups in total. The molecule has 0 fully saturated rings. The molecule has 6 heteroatoms. The molecule has 4 rings (SSSR count). The molecule has 0 saturated carbocycles. The summed E-state index contributed by atoms with van der Waals surface area (Å²) in [4.78, 5) is 25.2. The molecule has 0 aliphatic heterocycles. The molecule has 1 atom stereocenters. The van der Waals surface area contributed by atoms with Gasteiger partial charge in [-0.2, -0.15) is 5.10 Å². The van der Waals surface area contributed by atoms with Gasteiger partial charge in [0.05, 0.1) is 11.7 Å². The van der Waals surface area contributed by atoms with Crippen LogP contribution < -0.4 is 10.9 Å². The van der Waals surface area contributed by atoms with Crippen LogP contribution in [0.1, 0.15) is 24.9 Å². The van der Waals surface area contributed by atoms with Crippen LogP contribution in [0.4, 0.5) is 0 Å². The summed E-state index contributed by atoms with van der Waals surface area (Å²) in [5, 5.41) is 11.1. The van der Waals surface area contributed by atoms with Gasteiger partial charge in [-0.05, 0) is 31.4 Å². The zero-order valence-electron chi connectivity index (χ0n) is 15.7. The van der Waals surface area contributed by atoms with E-state index in [2.05, 4.69) is 27.6 Å². The van der Waals surface area contributed by atoms with Gasteiger partial charge in [0.15, 0.2) is 0 Å². The third-order valence-electron chi connectivity index (χ3n) is 5.08. The minimum Gasteiger partial charge on any atom is -0.354 e. The number of benzene rings is 2. The number of carbonyl (C=O) groups excluding carboxylic acids is 1. The first-order valence-corrected chi connectivity index (χ1v) is 9.45. The third kappa shape index (κ3) is 3.29. The maximum atomic E-state index is 12.8. The molecule has 2 aromatic carbocycles. The highest BCUT2D eigenvalue weighted by molar-refractivity contribution is 6.08. The number of aryl methyl sites for hydroxylation is 1. The van der Waals surface area contributed by atoms with Crippen LogP contribution in [0.15, 0.2) is 65.6 Å². The number of nitrogens with zero attached hydrogens (tertiary/aromatic N) is 2. The molecule has 2 aromatic heterocycles. The SMILES string of the molecule is C[C@H](C(=O)NCCCc1ccccc1)n1c2ccccc2c2cn[nH]c(=O)c21.